The lowest BCUT2D eigenvalue weighted by atomic mass is 9.67. The SMILES string of the molecule is CC(C)(C)C1CCC(O)C(CCS(C)(=O)=O)C1. The largest absolute Gasteiger partial charge is 0.393 e. The van der Waals surface area contributed by atoms with Gasteiger partial charge < -0.3 is 5.11 Å². The molecule has 3 unspecified atom stereocenters. The predicted octanol–water partition coefficient (Wildman–Crippen LogP) is 2.24. The van der Waals surface area contributed by atoms with Gasteiger partial charge in [0.1, 0.15) is 9.84 Å². The molecule has 102 valence electrons. The fourth-order valence-corrected chi connectivity index (χ4v) is 3.44. The van der Waals surface area contributed by atoms with E-state index in [-0.39, 0.29) is 23.2 Å². The smallest absolute Gasteiger partial charge is 0.147 e. The van der Waals surface area contributed by atoms with Crippen molar-refractivity contribution in [1.29, 1.82) is 0 Å². The molecule has 1 aliphatic carbocycles. The molecule has 0 aromatic heterocycles. The molecular formula is C13H26O3S. The Morgan fingerprint density at radius 2 is 1.82 bits per heavy atom. The van der Waals surface area contributed by atoms with Crippen LogP contribution in [0.5, 0.6) is 0 Å². The van der Waals surface area contributed by atoms with Crippen molar-refractivity contribution in [3.05, 3.63) is 0 Å². The third-order valence-electron chi connectivity index (χ3n) is 4.03. The van der Waals surface area contributed by atoms with Gasteiger partial charge in [-0.15, -0.1) is 0 Å². The average Bonchev–Trinajstić information content (AvgIpc) is 2.13. The van der Waals surface area contributed by atoms with Gasteiger partial charge in [0, 0.05) is 6.26 Å². The van der Waals surface area contributed by atoms with E-state index in [1.807, 2.05) is 0 Å². The van der Waals surface area contributed by atoms with Crippen LogP contribution in [0.15, 0.2) is 0 Å². The molecule has 0 saturated heterocycles. The van der Waals surface area contributed by atoms with Gasteiger partial charge in [-0.1, -0.05) is 20.8 Å². The number of sulfone groups is 1. The monoisotopic (exact) mass is 262 g/mol. The van der Waals surface area contributed by atoms with Crippen LogP contribution >= 0.6 is 0 Å². The van der Waals surface area contributed by atoms with Crippen LogP contribution in [-0.2, 0) is 9.84 Å². The molecule has 3 nitrogen and oxygen atoms in total. The number of aliphatic hydroxyl groups is 1. The maximum atomic E-state index is 11.2. The number of hydrogen-bond donors (Lipinski definition) is 1. The quantitative estimate of drug-likeness (QED) is 0.848. The van der Waals surface area contributed by atoms with Gasteiger partial charge >= 0.3 is 0 Å². The van der Waals surface area contributed by atoms with Crippen molar-refractivity contribution >= 4 is 9.84 Å². The molecule has 17 heavy (non-hydrogen) atoms. The summed E-state index contributed by atoms with van der Waals surface area (Å²) in [6.07, 6.45) is 4.39. The molecule has 1 saturated carbocycles. The minimum absolute atomic E-state index is 0.155. The third-order valence-corrected chi connectivity index (χ3v) is 5.00. The zero-order chi connectivity index (χ0) is 13.3. The molecule has 1 fully saturated rings. The van der Waals surface area contributed by atoms with Crippen LogP contribution in [0.25, 0.3) is 0 Å². The molecule has 0 spiro atoms. The first-order valence-corrected chi connectivity index (χ1v) is 8.51. The fourth-order valence-electron chi connectivity index (χ4n) is 2.71. The second kappa shape index (κ2) is 5.27. The van der Waals surface area contributed by atoms with Gasteiger partial charge in [-0.05, 0) is 42.9 Å². The van der Waals surface area contributed by atoms with E-state index in [0.717, 1.165) is 19.3 Å². The second-order valence-corrected chi connectivity index (χ2v) is 8.88. The van der Waals surface area contributed by atoms with Crippen LogP contribution in [0.3, 0.4) is 0 Å². The molecule has 1 rings (SSSR count). The summed E-state index contributed by atoms with van der Waals surface area (Å²) < 4.78 is 22.4. The second-order valence-electron chi connectivity index (χ2n) is 6.62. The minimum Gasteiger partial charge on any atom is -0.393 e. The van der Waals surface area contributed by atoms with Gasteiger partial charge in [0.05, 0.1) is 11.9 Å². The van der Waals surface area contributed by atoms with Crippen molar-refractivity contribution in [2.24, 2.45) is 17.3 Å². The summed E-state index contributed by atoms with van der Waals surface area (Å²) in [5.41, 5.74) is 0.253. The molecule has 0 radical (unpaired) electrons. The highest BCUT2D eigenvalue weighted by Gasteiger charge is 2.35. The zero-order valence-electron chi connectivity index (χ0n) is 11.4. The first kappa shape index (κ1) is 15.0. The van der Waals surface area contributed by atoms with Crippen LogP contribution < -0.4 is 0 Å². The Kier molecular flexibility index (Phi) is 4.64. The van der Waals surface area contributed by atoms with Crippen molar-refractivity contribution in [3.8, 4) is 0 Å². The first-order chi connectivity index (χ1) is 7.59. The highest BCUT2D eigenvalue weighted by Crippen LogP contribution is 2.41. The Balaban J connectivity index is 2.58. The van der Waals surface area contributed by atoms with Gasteiger partial charge in [-0.25, -0.2) is 8.42 Å². The standard InChI is InChI=1S/C13H26O3S/c1-13(2,3)11-5-6-12(14)10(9-11)7-8-17(4,15)16/h10-12,14H,5-9H2,1-4H3. The summed E-state index contributed by atoms with van der Waals surface area (Å²) in [6.45, 7) is 6.68. The molecule has 0 aromatic rings. The summed E-state index contributed by atoms with van der Waals surface area (Å²) in [7, 11) is -2.91. The van der Waals surface area contributed by atoms with E-state index in [2.05, 4.69) is 20.8 Å². The van der Waals surface area contributed by atoms with E-state index < -0.39 is 9.84 Å². The Hall–Kier alpha value is -0.0900. The lowest BCUT2D eigenvalue weighted by Crippen LogP contribution is -2.35. The van der Waals surface area contributed by atoms with Crippen LogP contribution in [0.4, 0.5) is 0 Å². The van der Waals surface area contributed by atoms with Crippen LogP contribution in [0, 0.1) is 17.3 Å². The van der Waals surface area contributed by atoms with Gasteiger partial charge in [0.2, 0.25) is 0 Å². The van der Waals surface area contributed by atoms with E-state index in [4.69, 9.17) is 0 Å². The van der Waals surface area contributed by atoms with Crippen LogP contribution in [0.2, 0.25) is 0 Å². The van der Waals surface area contributed by atoms with Crippen molar-refractivity contribution < 1.29 is 13.5 Å². The topological polar surface area (TPSA) is 54.4 Å². The molecule has 0 aliphatic heterocycles. The molecule has 0 bridgehead atoms. The first-order valence-electron chi connectivity index (χ1n) is 6.45. The Labute approximate surface area is 106 Å². The molecule has 0 amide bonds. The van der Waals surface area contributed by atoms with Crippen molar-refractivity contribution in [2.45, 2.75) is 52.6 Å². The van der Waals surface area contributed by atoms with E-state index >= 15 is 0 Å². The van der Waals surface area contributed by atoms with E-state index in [1.54, 1.807) is 0 Å². The lowest BCUT2D eigenvalue weighted by Gasteiger charge is -2.40. The summed E-state index contributed by atoms with van der Waals surface area (Å²) in [5, 5.41) is 9.95. The Morgan fingerprint density at radius 3 is 2.29 bits per heavy atom. The van der Waals surface area contributed by atoms with Gasteiger partial charge in [0.25, 0.3) is 0 Å². The van der Waals surface area contributed by atoms with E-state index in [9.17, 15) is 13.5 Å². The van der Waals surface area contributed by atoms with Crippen molar-refractivity contribution in [2.75, 3.05) is 12.0 Å². The molecule has 4 heteroatoms. The molecule has 1 aliphatic rings. The maximum absolute atomic E-state index is 11.2. The lowest BCUT2D eigenvalue weighted by molar-refractivity contribution is 0.0183. The predicted molar refractivity (Wildman–Crippen MR) is 70.6 cm³/mol. The summed E-state index contributed by atoms with van der Waals surface area (Å²) in [5.74, 6) is 0.948. The number of hydrogen-bond acceptors (Lipinski definition) is 3. The summed E-state index contributed by atoms with van der Waals surface area (Å²) in [6, 6.07) is 0. The Morgan fingerprint density at radius 1 is 1.24 bits per heavy atom. The molecule has 0 aromatic carbocycles. The van der Waals surface area contributed by atoms with Crippen molar-refractivity contribution in [3.63, 3.8) is 0 Å². The summed E-state index contributed by atoms with van der Waals surface area (Å²) in [4.78, 5) is 0. The van der Waals surface area contributed by atoms with E-state index in [1.165, 1.54) is 6.26 Å². The van der Waals surface area contributed by atoms with Gasteiger partial charge in [-0.2, -0.15) is 0 Å². The molecule has 1 N–H and O–H groups in total. The fraction of sp³-hybridized carbons (Fsp3) is 1.00. The number of rotatable bonds is 3. The highest BCUT2D eigenvalue weighted by molar-refractivity contribution is 7.90. The summed E-state index contributed by atoms with van der Waals surface area (Å²) >= 11 is 0. The van der Waals surface area contributed by atoms with Crippen LogP contribution in [0.1, 0.15) is 46.5 Å². The van der Waals surface area contributed by atoms with Crippen LogP contribution in [-0.4, -0.2) is 31.6 Å². The normalized spacial score (nSPS) is 31.5. The van der Waals surface area contributed by atoms with Crippen molar-refractivity contribution in [1.82, 2.24) is 0 Å². The Bertz CT molecular complexity index is 340. The highest BCUT2D eigenvalue weighted by atomic mass is 32.2. The molecule has 3 atom stereocenters. The van der Waals surface area contributed by atoms with Gasteiger partial charge in [0.15, 0.2) is 0 Å². The number of aliphatic hydroxyl groups excluding tert-OH is 1. The molecular weight excluding hydrogens is 236 g/mol. The minimum atomic E-state index is -2.91. The third kappa shape index (κ3) is 4.96. The van der Waals surface area contributed by atoms with Gasteiger partial charge in [-0.3, -0.25) is 0 Å². The molecule has 0 heterocycles. The zero-order valence-corrected chi connectivity index (χ0v) is 12.3. The average molecular weight is 262 g/mol. The maximum Gasteiger partial charge on any atom is 0.147 e. The van der Waals surface area contributed by atoms with E-state index in [0.29, 0.717) is 12.3 Å².